The number of carbonyl (C=O) groups is 1. The number of ether oxygens (including phenoxy) is 1. The molecule has 140 valence electrons. The fraction of sp³-hybridized carbons (Fsp3) is 0.450. The molecule has 1 aliphatic heterocycles. The first kappa shape index (κ1) is 18.9. The summed E-state index contributed by atoms with van der Waals surface area (Å²) in [6.07, 6.45) is 1.05. The Kier molecular flexibility index (Phi) is 7.05. The zero-order chi connectivity index (χ0) is 18.2. The Balaban J connectivity index is 1.32. The number of hydrogen-bond donors (Lipinski definition) is 1. The summed E-state index contributed by atoms with van der Waals surface area (Å²) in [5, 5.41) is 5.04. The topological polar surface area (TPSA) is 44.8 Å². The van der Waals surface area contributed by atoms with E-state index in [1.165, 1.54) is 10.4 Å². The lowest BCUT2D eigenvalue weighted by Crippen LogP contribution is -2.49. The van der Waals surface area contributed by atoms with Gasteiger partial charge in [-0.2, -0.15) is 0 Å². The van der Waals surface area contributed by atoms with Crippen LogP contribution < -0.4 is 10.1 Å². The molecule has 1 aliphatic rings. The number of methoxy groups -OCH3 is 1. The van der Waals surface area contributed by atoms with Crippen molar-refractivity contribution in [1.29, 1.82) is 0 Å². The van der Waals surface area contributed by atoms with E-state index in [0.717, 1.165) is 44.9 Å². The molecule has 3 rings (SSSR count). The molecule has 5 nitrogen and oxygen atoms in total. The Bertz CT molecular complexity index is 665. The van der Waals surface area contributed by atoms with Crippen LogP contribution in [-0.2, 0) is 17.8 Å². The number of carbonyl (C=O) groups excluding carboxylic acids is 1. The second kappa shape index (κ2) is 9.71. The van der Waals surface area contributed by atoms with Gasteiger partial charge in [-0.05, 0) is 35.6 Å². The third kappa shape index (κ3) is 5.83. The Labute approximate surface area is 159 Å². The zero-order valence-electron chi connectivity index (χ0n) is 15.3. The predicted molar refractivity (Wildman–Crippen MR) is 106 cm³/mol. The molecule has 0 atom stereocenters. The van der Waals surface area contributed by atoms with Gasteiger partial charge in [0.25, 0.3) is 0 Å². The van der Waals surface area contributed by atoms with Crippen molar-refractivity contribution in [3.05, 3.63) is 52.2 Å². The number of thiophene rings is 1. The van der Waals surface area contributed by atoms with Crippen LogP contribution in [0.4, 0.5) is 0 Å². The quantitative estimate of drug-likeness (QED) is 0.771. The standard InChI is InChI=1S/C20H27N3O2S/c1-25-18-6-4-17(5-7-18)8-9-22-10-12-23(13-11-22)16-20(24)21-15-19-3-2-14-26-19/h2-7,14H,8-13,15-16H2,1H3,(H,21,24). The van der Waals surface area contributed by atoms with Gasteiger partial charge in [-0.15, -0.1) is 11.3 Å². The summed E-state index contributed by atoms with van der Waals surface area (Å²) in [7, 11) is 1.69. The maximum atomic E-state index is 12.1. The van der Waals surface area contributed by atoms with E-state index in [0.29, 0.717) is 13.1 Å². The minimum atomic E-state index is 0.116. The summed E-state index contributed by atoms with van der Waals surface area (Å²) in [5.41, 5.74) is 1.33. The van der Waals surface area contributed by atoms with Gasteiger partial charge in [-0.25, -0.2) is 0 Å². The molecule has 1 amide bonds. The van der Waals surface area contributed by atoms with E-state index >= 15 is 0 Å². The maximum Gasteiger partial charge on any atom is 0.234 e. The lowest BCUT2D eigenvalue weighted by Gasteiger charge is -2.34. The van der Waals surface area contributed by atoms with E-state index in [1.807, 2.05) is 29.6 Å². The van der Waals surface area contributed by atoms with E-state index < -0.39 is 0 Å². The van der Waals surface area contributed by atoms with Crippen LogP contribution in [0.15, 0.2) is 41.8 Å². The Morgan fingerprint density at radius 1 is 1.12 bits per heavy atom. The Morgan fingerprint density at radius 2 is 1.85 bits per heavy atom. The molecule has 0 saturated carbocycles. The molecule has 1 aromatic heterocycles. The molecular formula is C20H27N3O2S. The SMILES string of the molecule is COc1ccc(CCN2CCN(CC(=O)NCc3cccs3)CC2)cc1. The van der Waals surface area contributed by atoms with Crippen LogP contribution in [0.25, 0.3) is 0 Å². The second-order valence-electron chi connectivity index (χ2n) is 6.57. The molecule has 1 N–H and O–H groups in total. The first-order chi connectivity index (χ1) is 12.7. The first-order valence-electron chi connectivity index (χ1n) is 9.09. The number of amides is 1. The second-order valence-corrected chi connectivity index (χ2v) is 7.60. The van der Waals surface area contributed by atoms with Crippen LogP contribution in [0, 0.1) is 0 Å². The first-order valence-corrected chi connectivity index (χ1v) is 9.97. The maximum absolute atomic E-state index is 12.1. The van der Waals surface area contributed by atoms with Crippen molar-refractivity contribution < 1.29 is 9.53 Å². The monoisotopic (exact) mass is 373 g/mol. The third-order valence-corrected chi connectivity index (χ3v) is 5.62. The fourth-order valence-corrected chi connectivity index (χ4v) is 3.75. The zero-order valence-corrected chi connectivity index (χ0v) is 16.1. The van der Waals surface area contributed by atoms with Gasteiger partial charge in [0, 0.05) is 37.6 Å². The van der Waals surface area contributed by atoms with Gasteiger partial charge in [0.2, 0.25) is 5.91 Å². The normalized spacial score (nSPS) is 15.7. The minimum absolute atomic E-state index is 0.116. The molecule has 0 radical (unpaired) electrons. The summed E-state index contributed by atoms with van der Waals surface area (Å²) in [6, 6.07) is 12.4. The minimum Gasteiger partial charge on any atom is -0.497 e. The van der Waals surface area contributed by atoms with Gasteiger partial charge in [0.05, 0.1) is 20.2 Å². The van der Waals surface area contributed by atoms with Gasteiger partial charge >= 0.3 is 0 Å². The van der Waals surface area contributed by atoms with Crippen LogP contribution in [0.2, 0.25) is 0 Å². The molecule has 0 spiro atoms. The highest BCUT2D eigenvalue weighted by Gasteiger charge is 2.18. The number of rotatable bonds is 8. The molecule has 26 heavy (non-hydrogen) atoms. The van der Waals surface area contributed by atoms with Gasteiger partial charge in [0.1, 0.15) is 5.75 Å². The fourth-order valence-electron chi connectivity index (χ4n) is 3.11. The Morgan fingerprint density at radius 3 is 2.50 bits per heavy atom. The highest BCUT2D eigenvalue weighted by Crippen LogP contribution is 2.12. The summed E-state index contributed by atoms with van der Waals surface area (Å²) in [6.45, 7) is 6.15. The molecule has 6 heteroatoms. The van der Waals surface area contributed by atoms with Crippen LogP contribution in [0.3, 0.4) is 0 Å². The summed E-state index contributed by atoms with van der Waals surface area (Å²) in [4.78, 5) is 18.0. The average molecular weight is 374 g/mol. The van der Waals surface area contributed by atoms with Crippen molar-refractivity contribution in [3.8, 4) is 5.75 Å². The smallest absolute Gasteiger partial charge is 0.234 e. The number of benzene rings is 1. The predicted octanol–water partition coefficient (Wildman–Crippen LogP) is 2.23. The molecular weight excluding hydrogens is 346 g/mol. The van der Waals surface area contributed by atoms with Crippen molar-refractivity contribution >= 4 is 17.2 Å². The summed E-state index contributed by atoms with van der Waals surface area (Å²) < 4.78 is 5.20. The van der Waals surface area contributed by atoms with Crippen molar-refractivity contribution in [2.45, 2.75) is 13.0 Å². The molecule has 2 heterocycles. The van der Waals surface area contributed by atoms with Crippen LogP contribution >= 0.6 is 11.3 Å². The highest BCUT2D eigenvalue weighted by molar-refractivity contribution is 7.09. The largest absolute Gasteiger partial charge is 0.497 e. The van der Waals surface area contributed by atoms with Crippen LogP contribution in [0.5, 0.6) is 5.75 Å². The van der Waals surface area contributed by atoms with E-state index in [-0.39, 0.29) is 5.91 Å². The lowest BCUT2D eigenvalue weighted by atomic mass is 10.1. The summed E-state index contributed by atoms with van der Waals surface area (Å²) in [5.74, 6) is 1.02. The number of nitrogens with zero attached hydrogens (tertiary/aromatic N) is 2. The molecule has 1 saturated heterocycles. The Hall–Kier alpha value is -1.89. The highest BCUT2D eigenvalue weighted by atomic mass is 32.1. The molecule has 1 fully saturated rings. The van der Waals surface area contributed by atoms with E-state index in [2.05, 4.69) is 27.2 Å². The van der Waals surface area contributed by atoms with E-state index in [9.17, 15) is 4.79 Å². The van der Waals surface area contributed by atoms with Crippen molar-refractivity contribution in [3.63, 3.8) is 0 Å². The van der Waals surface area contributed by atoms with Crippen LogP contribution in [0.1, 0.15) is 10.4 Å². The number of hydrogen-bond acceptors (Lipinski definition) is 5. The van der Waals surface area contributed by atoms with E-state index in [1.54, 1.807) is 18.4 Å². The average Bonchev–Trinajstić information content (AvgIpc) is 3.20. The van der Waals surface area contributed by atoms with Gasteiger partial charge in [-0.1, -0.05) is 18.2 Å². The molecule has 0 unspecified atom stereocenters. The summed E-state index contributed by atoms with van der Waals surface area (Å²) >= 11 is 1.67. The van der Waals surface area contributed by atoms with Crippen LogP contribution in [-0.4, -0.2) is 62.1 Å². The number of piperazine rings is 1. The van der Waals surface area contributed by atoms with Crippen molar-refractivity contribution in [1.82, 2.24) is 15.1 Å². The van der Waals surface area contributed by atoms with Crippen molar-refractivity contribution in [2.24, 2.45) is 0 Å². The van der Waals surface area contributed by atoms with Crippen molar-refractivity contribution in [2.75, 3.05) is 46.4 Å². The third-order valence-electron chi connectivity index (χ3n) is 4.75. The number of nitrogens with one attached hydrogen (secondary N) is 1. The van der Waals surface area contributed by atoms with Gasteiger partial charge < -0.3 is 15.0 Å². The van der Waals surface area contributed by atoms with E-state index in [4.69, 9.17) is 4.74 Å². The molecule has 2 aromatic rings. The van der Waals surface area contributed by atoms with Gasteiger partial charge in [-0.3, -0.25) is 9.69 Å². The van der Waals surface area contributed by atoms with Gasteiger partial charge in [0.15, 0.2) is 0 Å². The molecule has 0 aliphatic carbocycles. The lowest BCUT2D eigenvalue weighted by molar-refractivity contribution is -0.122. The molecule has 1 aromatic carbocycles. The molecule has 0 bridgehead atoms.